The Balaban J connectivity index is 1.74. The number of rotatable bonds is 5. The zero-order valence-electron chi connectivity index (χ0n) is 13.2. The second kappa shape index (κ2) is 7.74. The van der Waals surface area contributed by atoms with E-state index in [1.54, 1.807) is 24.4 Å². The molecule has 1 amide bonds. The fraction of sp³-hybridized carbons (Fsp3) is 0. The largest absolute Gasteiger partial charge is 0.393 e. The third kappa shape index (κ3) is 4.03. The molecule has 8 nitrogen and oxygen atoms in total. The summed E-state index contributed by atoms with van der Waals surface area (Å²) >= 11 is 3.19. The van der Waals surface area contributed by atoms with E-state index >= 15 is 0 Å². The predicted octanol–water partition coefficient (Wildman–Crippen LogP) is 2.86. The summed E-state index contributed by atoms with van der Waals surface area (Å²) in [5.74, 6) is -0.530. The molecule has 0 radical (unpaired) electrons. The van der Waals surface area contributed by atoms with Gasteiger partial charge in [0.25, 0.3) is 5.91 Å². The van der Waals surface area contributed by atoms with Crippen molar-refractivity contribution in [2.24, 2.45) is 0 Å². The van der Waals surface area contributed by atoms with Gasteiger partial charge in [0, 0.05) is 16.9 Å². The molecule has 0 atom stereocenters. The van der Waals surface area contributed by atoms with Crippen LogP contribution in [0.5, 0.6) is 0 Å². The van der Waals surface area contributed by atoms with E-state index in [2.05, 4.69) is 47.1 Å². The Kier molecular flexibility index (Phi) is 5.23. The number of carbonyl (C=O) groups excluding carboxylic acids is 1. The molecule has 2 aromatic heterocycles. The molecule has 26 heavy (non-hydrogen) atoms. The number of pyridine rings is 1. The Morgan fingerprint density at radius 1 is 1.19 bits per heavy atom. The van der Waals surface area contributed by atoms with Crippen LogP contribution in [-0.4, -0.2) is 20.9 Å². The highest BCUT2D eigenvalue weighted by Gasteiger charge is 2.12. The van der Waals surface area contributed by atoms with E-state index in [-0.39, 0.29) is 23.0 Å². The number of hydrogen-bond donors (Lipinski definition) is 4. The lowest BCUT2D eigenvalue weighted by Crippen LogP contribution is -2.30. The molecule has 1 aromatic carbocycles. The van der Waals surface area contributed by atoms with E-state index in [1.165, 1.54) is 24.7 Å². The Bertz CT molecular complexity index is 939. The average Bonchev–Trinajstić information content (AvgIpc) is 2.65. The molecular weight excluding hydrogens is 405 g/mol. The van der Waals surface area contributed by atoms with Crippen LogP contribution in [0.25, 0.3) is 0 Å². The second-order valence-electron chi connectivity index (χ2n) is 5.05. The molecule has 132 valence electrons. The van der Waals surface area contributed by atoms with E-state index in [1.807, 2.05) is 0 Å². The Morgan fingerprint density at radius 2 is 2.00 bits per heavy atom. The number of hydrogen-bond acceptors (Lipinski definition) is 7. The molecule has 0 spiro atoms. The van der Waals surface area contributed by atoms with Gasteiger partial charge < -0.3 is 11.1 Å². The molecule has 3 aromatic rings. The van der Waals surface area contributed by atoms with E-state index < -0.39 is 11.7 Å². The van der Waals surface area contributed by atoms with Gasteiger partial charge in [0.05, 0.1) is 11.3 Å². The van der Waals surface area contributed by atoms with Gasteiger partial charge >= 0.3 is 0 Å². The van der Waals surface area contributed by atoms with Crippen molar-refractivity contribution in [2.45, 2.75) is 0 Å². The minimum atomic E-state index is -0.475. The number of nitrogen functional groups attached to an aromatic ring is 1. The average molecular weight is 418 g/mol. The maximum atomic E-state index is 14.0. The highest BCUT2D eigenvalue weighted by molar-refractivity contribution is 9.10. The maximum Gasteiger partial charge on any atom is 0.271 e. The number of benzene rings is 1. The lowest BCUT2D eigenvalue weighted by atomic mass is 10.3. The fourth-order valence-corrected chi connectivity index (χ4v) is 2.33. The number of anilines is 4. The third-order valence-corrected chi connectivity index (χ3v) is 3.78. The van der Waals surface area contributed by atoms with E-state index in [0.29, 0.717) is 10.0 Å². The number of nitrogens with one attached hydrogen (secondary N) is 3. The van der Waals surface area contributed by atoms with Gasteiger partial charge in [0.2, 0.25) is 0 Å². The first kappa shape index (κ1) is 17.5. The summed E-state index contributed by atoms with van der Waals surface area (Å²) in [6, 6.07) is 7.78. The predicted molar refractivity (Wildman–Crippen MR) is 99.2 cm³/mol. The highest BCUT2D eigenvalue weighted by Crippen LogP contribution is 2.27. The van der Waals surface area contributed by atoms with Gasteiger partial charge in [0.1, 0.15) is 17.8 Å². The molecule has 10 heteroatoms. The first-order chi connectivity index (χ1) is 12.5. The quantitative estimate of drug-likeness (QED) is 0.471. The van der Waals surface area contributed by atoms with Gasteiger partial charge in [-0.2, -0.15) is 0 Å². The molecule has 0 saturated heterocycles. The van der Waals surface area contributed by atoms with Crippen LogP contribution in [0.1, 0.15) is 10.4 Å². The second-order valence-corrected chi connectivity index (χ2v) is 5.97. The van der Waals surface area contributed by atoms with Crippen LogP contribution < -0.4 is 21.9 Å². The molecule has 2 heterocycles. The van der Waals surface area contributed by atoms with Crippen LogP contribution in [0, 0.1) is 5.82 Å². The number of aromatic nitrogens is 3. The lowest BCUT2D eigenvalue weighted by molar-refractivity contribution is 0.0962. The molecule has 0 bridgehead atoms. The van der Waals surface area contributed by atoms with Crippen LogP contribution in [0.4, 0.5) is 27.4 Å². The summed E-state index contributed by atoms with van der Waals surface area (Å²) in [6.07, 6.45) is 4.21. The summed E-state index contributed by atoms with van der Waals surface area (Å²) in [5, 5.41) is 2.79. The first-order valence-electron chi connectivity index (χ1n) is 7.33. The summed E-state index contributed by atoms with van der Waals surface area (Å²) in [6.45, 7) is 0. The van der Waals surface area contributed by atoms with Crippen molar-refractivity contribution < 1.29 is 9.18 Å². The normalized spacial score (nSPS) is 10.2. The molecule has 0 aliphatic rings. The minimum Gasteiger partial charge on any atom is -0.393 e. The number of nitrogens with two attached hydrogens (primary N) is 1. The zero-order valence-corrected chi connectivity index (χ0v) is 14.8. The molecule has 5 N–H and O–H groups in total. The van der Waals surface area contributed by atoms with Gasteiger partial charge in [-0.15, -0.1) is 0 Å². The number of nitrogens with zero attached hydrogens (tertiary/aromatic N) is 3. The Morgan fingerprint density at radius 3 is 2.73 bits per heavy atom. The summed E-state index contributed by atoms with van der Waals surface area (Å²) in [7, 11) is 0. The van der Waals surface area contributed by atoms with Crippen molar-refractivity contribution in [3.8, 4) is 0 Å². The van der Waals surface area contributed by atoms with Crippen molar-refractivity contribution in [3.05, 3.63) is 64.9 Å². The topological polar surface area (TPSA) is 118 Å². The summed E-state index contributed by atoms with van der Waals surface area (Å²) in [4.78, 5) is 23.8. The molecular formula is C16H13BrFN7O. The van der Waals surface area contributed by atoms with E-state index in [4.69, 9.17) is 5.73 Å². The van der Waals surface area contributed by atoms with Crippen molar-refractivity contribution >= 4 is 44.8 Å². The fourth-order valence-electron chi connectivity index (χ4n) is 2.00. The third-order valence-electron chi connectivity index (χ3n) is 3.29. The summed E-state index contributed by atoms with van der Waals surface area (Å²) < 4.78 is 14.6. The highest BCUT2D eigenvalue weighted by atomic mass is 79.9. The van der Waals surface area contributed by atoms with Crippen molar-refractivity contribution in [1.29, 1.82) is 0 Å². The Labute approximate surface area is 156 Å². The molecule has 0 aliphatic carbocycles. The van der Waals surface area contributed by atoms with Crippen molar-refractivity contribution in [3.63, 3.8) is 0 Å². The number of halogens is 2. The monoisotopic (exact) mass is 417 g/mol. The SMILES string of the molecule is Nc1c(NNC(=O)c2cccnc2)ncnc1Nc1ccc(Br)cc1F. The van der Waals surface area contributed by atoms with Gasteiger partial charge in [-0.05, 0) is 30.3 Å². The van der Waals surface area contributed by atoms with Crippen LogP contribution >= 0.6 is 15.9 Å². The Hall–Kier alpha value is -3.27. The van der Waals surface area contributed by atoms with Crippen LogP contribution in [-0.2, 0) is 0 Å². The molecule has 0 unspecified atom stereocenters. The maximum absolute atomic E-state index is 14.0. The number of amides is 1. The molecule has 0 saturated carbocycles. The number of hydrazine groups is 1. The van der Waals surface area contributed by atoms with E-state index in [0.717, 1.165) is 0 Å². The first-order valence-corrected chi connectivity index (χ1v) is 8.13. The van der Waals surface area contributed by atoms with Gasteiger partial charge in [-0.3, -0.25) is 20.6 Å². The minimum absolute atomic E-state index is 0.112. The molecule has 0 aliphatic heterocycles. The zero-order chi connectivity index (χ0) is 18.5. The van der Waals surface area contributed by atoms with Crippen LogP contribution in [0.2, 0.25) is 0 Å². The lowest BCUT2D eigenvalue weighted by Gasteiger charge is -2.13. The van der Waals surface area contributed by atoms with Gasteiger partial charge in [-0.1, -0.05) is 15.9 Å². The van der Waals surface area contributed by atoms with E-state index in [9.17, 15) is 9.18 Å². The molecule has 0 fully saturated rings. The van der Waals surface area contributed by atoms with Crippen molar-refractivity contribution in [1.82, 2.24) is 20.4 Å². The summed E-state index contributed by atoms with van der Waals surface area (Å²) in [5.41, 5.74) is 11.7. The van der Waals surface area contributed by atoms with Gasteiger partial charge in [0.15, 0.2) is 11.6 Å². The smallest absolute Gasteiger partial charge is 0.271 e. The van der Waals surface area contributed by atoms with Crippen molar-refractivity contribution in [2.75, 3.05) is 16.5 Å². The number of carbonyl (C=O) groups is 1. The van der Waals surface area contributed by atoms with Crippen LogP contribution in [0.3, 0.4) is 0 Å². The van der Waals surface area contributed by atoms with Crippen LogP contribution in [0.15, 0.2) is 53.5 Å². The standard InChI is InChI=1S/C16H13BrFN7O/c17-10-3-4-12(11(18)6-10)23-14-13(19)15(22-8-21-14)24-25-16(26)9-2-1-5-20-7-9/h1-8H,19H2,(H,25,26)(H2,21,22,23,24). The van der Waals surface area contributed by atoms with Gasteiger partial charge in [-0.25, -0.2) is 14.4 Å². The molecule has 3 rings (SSSR count).